The molecule has 1 aromatic rings. The first-order valence-corrected chi connectivity index (χ1v) is 6.08. The van der Waals surface area contributed by atoms with Crippen molar-refractivity contribution in [3.05, 3.63) is 24.3 Å². The Kier molecular flexibility index (Phi) is 8.24. The van der Waals surface area contributed by atoms with Crippen molar-refractivity contribution in [1.82, 2.24) is 4.31 Å². The third-order valence-electron chi connectivity index (χ3n) is 1.42. The molecule has 0 bridgehead atoms. The van der Waals surface area contributed by atoms with Crippen molar-refractivity contribution >= 4 is 11.9 Å². The summed E-state index contributed by atoms with van der Waals surface area (Å²) in [5.41, 5.74) is 0. The number of hydrogen-bond acceptors (Lipinski definition) is 3. The van der Waals surface area contributed by atoms with Crippen LogP contribution in [0.1, 0.15) is 20.8 Å². The summed E-state index contributed by atoms with van der Waals surface area (Å²) in [6, 6.07) is 8.12. The summed E-state index contributed by atoms with van der Waals surface area (Å²) in [4.78, 5) is 1.23. The standard InChI is InChI=1S/C10H15NOS.C2H6/c1-4-12-9-5-7-10(8-6-9)13-11(2)3;1-2/h5-8H,4H2,1-3H3;1-2H3. The number of ether oxygens (including phenoxy) is 1. The van der Waals surface area contributed by atoms with Gasteiger partial charge in [-0.3, -0.25) is 4.31 Å². The number of benzene rings is 1. The van der Waals surface area contributed by atoms with Gasteiger partial charge in [0.15, 0.2) is 0 Å². The molecule has 0 saturated carbocycles. The van der Waals surface area contributed by atoms with E-state index in [2.05, 4.69) is 16.4 Å². The molecular weight excluding hydrogens is 206 g/mol. The molecule has 2 nitrogen and oxygen atoms in total. The molecule has 0 radical (unpaired) electrons. The maximum atomic E-state index is 5.34. The molecule has 0 aliphatic carbocycles. The number of hydrogen-bond donors (Lipinski definition) is 0. The molecule has 0 N–H and O–H groups in total. The van der Waals surface area contributed by atoms with Crippen molar-refractivity contribution < 1.29 is 4.74 Å². The SMILES string of the molecule is CC.CCOc1ccc(SN(C)C)cc1. The summed E-state index contributed by atoms with van der Waals surface area (Å²) < 4.78 is 7.41. The fraction of sp³-hybridized carbons (Fsp3) is 0.500. The van der Waals surface area contributed by atoms with Crippen molar-refractivity contribution in [3.8, 4) is 5.75 Å². The Morgan fingerprint density at radius 3 is 2.07 bits per heavy atom. The van der Waals surface area contributed by atoms with Gasteiger partial charge >= 0.3 is 0 Å². The summed E-state index contributed by atoms with van der Waals surface area (Å²) in [6.07, 6.45) is 0. The second kappa shape index (κ2) is 8.62. The van der Waals surface area contributed by atoms with Crippen LogP contribution in [-0.4, -0.2) is 25.0 Å². The van der Waals surface area contributed by atoms with Gasteiger partial charge in [0, 0.05) is 4.90 Å². The van der Waals surface area contributed by atoms with Gasteiger partial charge in [-0.05, 0) is 57.2 Å². The quantitative estimate of drug-likeness (QED) is 0.728. The first kappa shape index (κ1) is 14.3. The van der Waals surface area contributed by atoms with Crippen LogP contribution in [0.5, 0.6) is 5.75 Å². The average molecular weight is 227 g/mol. The lowest BCUT2D eigenvalue weighted by atomic mass is 10.3. The van der Waals surface area contributed by atoms with Crippen LogP contribution in [0.2, 0.25) is 0 Å². The van der Waals surface area contributed by atoms with Crippen LogP contribution in [0.25, 0.3) is 0 Å². The van der Waals surface area contributed by atoms with Gasteiger partial charge in [-0.15, -0.1) is 0 Å². The molecule has 3 heteroatoms. The molecule has 0 amide bonds. The van der Waals surface area contributed by atoms with Gasteiger partial charge in [0.2, 0.25) is 0 Å². The minimum atomic E-state index is 0.722. The number of nitrogens with zero attached hydrogens (tertiary/aromatic N) is 1. The number of rotatable bonds is 4. The lowest BCUT2D eigenvalue weighted by molar-refractivity contribution is 0.340. The van der Waals surface area contributed by atoms with Gasteiger partial charge < -0.3 is 4.74 Å². The Labute approximate surface area is 97.8 Å². The third kappa shape index (κ3) is 6.42. The topological polar surface area (TPSA) is 12.5 Å². The van der Waals surface area contributed by atoms with Crippen LogP contribution in [0.4, 0.5) is 0 Å². The summed E-state index contributed by atoms with van der Waals surface area (Å²) >= 11 is 1.70. The Balaban J connectivity index is 0.000000921. The molecule has 0 aliphatic rings. The largest absolute Gasteiger partial charge is 0.494 e. The molecule has 1 aromatic carbocycles. The maximum Gasteiger partial charge on any atom is 0.119 e. The van der Waals surface area contributed by atoms with E-state index in [1.54, 1.807) is 11.9 Å². The predicted molar refractivity (Wildman–Crippen MR) is 68.5 cm³/mol. The predicted octanol–water partition coefficient (Wildman–Crippen LogP) is 3.68. The summed E-state index contributed by atoms with van der Waals surface area (Å²) in [6.45, 7) is 6.71. The van der Waals surface area contributed by atoms with Crippen LogP contribution in [0.3, 0.4) is 0 Å². The van der Waals surface area contributed by atoms with E-state index in [4.69, 9.17) is 4.74 Å². The first-order valence-electron chi connectivity index (χ1n) is 5.30. The van der Waals surface area contributed by atoms with Gasteiger partial charge in [0.1, 0.15) is 5.75 Å². The van der Waals surface area contributed by atoms with E-state index in [9.17, 15) is 0 Å². The zero-order chi connectivity index (χ0) is 11.7. The fourth-order valence-corrected chi connectivity index (χ4v) is 1.65. The van der Waals surface area contributed by atoms with Gasteiger partial charge in [0.05, 0.1) is 6.61 Å². The summed E-state index contributed by atoms with van der Waals surface area (Å²) in [7, 11) is 4.06. The molecule has 15 heavy (non-hydrogen) atoms. The monoisotopic (exact) mass is 227 g/mol. The van der Waals surface area contributed by atoms with Crippen molar-refractivity contribution in [3.63, 3.8) is 0 Å². The van der Waals surface area contributed by atoms with Crippen LogP contribution in [-0.2, 0) is 0 Å². The van der Waals surface area contributed by atoms with Gasteiger partial charge in [0.25, 0.3) is 0 Å². The van der Waals surface area contributed by atoms with Crippen molar-refractivity contribution in [2.45, 2.75) is 25.7 Å². The Bertz CT molecular complexity index is 246. The minimum absolute atomic E-state index is 0.722. The van der Waals surface area contributed by atoms with Gasteiger partial charge in [-0.25, -0.2) is 0 Å². The molecule has 0 atom stereocenters. The lowest BCUT2D eigenvalue weighted by Crippen LogP contribution is -1.98. The second-order valence-corrected chi connectivity index (χ2v) is 4.19. The Hall–Kier alpha value is -0.670. The molecule has 0 heterocycles. The van der Waals surface area contributed by atoms with Crippen LogP contribution >= 0.6 is 11.9 Å². The molecule has 0 spiro atoms. The molecule has 0 fully saturated rings. The third-order valence-corrected chi connectivity index (χ3v) is 2.27. The van der Waals surface area contributed by atoms with Crippen molar-refractivity contribution in [1.29, 1.82) is 0 Å². The van der Waals surface area contributed by atoms with E-state index in [1.165, 1.54) is 4.90 Å². The molecule has 0 aromatic heterocycles. The van der Waals surface area contributed by atoms with E-state index in [-0.39, 0.29) is 0 Å². The molecule has 0 saturated heterocycles. The van der Waals surface area contributed by atoms with E-state index < -0.39 is 0 Å². The van der Waals surface area contributed by atoms with Crippen LogP contribution < -0.4 is 4.74 Å². The smallest absolute Gasteiger partial charge is 0.119 e. The fourth-order valence-electron chi connectivity index (χ4n) is 0.974. The average Bonchev–Trinajstić information content (AvgIpc) is 2.24. The Morgan fingerprint density at radius 1 is 1.13 bits per heavy atom. The van der Waals surface area contributed by atoms with Gasteiger partial charge in [-0.1, -0.05) is 13.8 Å². The molecule has 0 aliphatic heterocycles. The highest BCUT2D eigenvalue weighted by Crippen LogP contribution is 2.22. The molecule has 86 valence electrons. The van der Waals surface area contributed by atoms with Crippen molar-refractivity contribution in [2.75, 3.05) is 20.7 Å². The highest BCUT2D eigenvalue weighted by molar-refractivity contribution is 7.97. The van der Waals surface area contributed by atoms with E-state index in [0.29, 0.717) is 0 Å². The zero-order valence-electron chi connectivity index (χ0n) is 10.3. The summed E-state index contributed by atoms with van der Waals surface area (Å²) in [5.74, 6) is 0.936. The maximum absolute atomic E-state index is 5.34. The van der Waals surface area contributed by atoms with Crippen molar-refractivity contribution in [2.24, 2.45) is 0 Å². The van der Waals surface area contributed by atoms with Crippen LogP contribution in [0.15, 0.2) is 29.2 Å². The second-order valence-electron chi connectivity index (χ2n) is 2.81. The highest BCUT2D eigenvalue weighted by Gasteiger charge is 1.96. The van der Waals surface area contributed by atoms with Gasteiger partial charge in [-0.2, -0.15) is 0 Å². The molecule has 1 rings (SSSR count). The summed E-state index contributed by atoms with van der Waals surface area (Å²) in [5, 5.41) is 0. The first-order chi connectivity index (χ1) is 7.22. The van der Waals surface area contributed by atoms with E-state index in [1.807, 2.05) is 47.0 Å². The highest BCUT2D eigenvalue weighted by atomic mass is 32.2. The van der Waals surface area contributed by atoms with E-state index >= 15 is 0 Å². The zero-order valence-corrected chi connectivity index (χ0v) is 11.1. The minimum Gasteiger partial charge on any atom is -0.494 e. The van der Waals surface area contributed by atoms with Crippen LogP contribution in [0, 0.1) is 0 Å². The van der Waals surface area contributed by atoms with E-state index in [0.717, 1.165) is 12.4 Å². The lowest BCUT2D eigenvalue weighted by Gasteiger charge is -2.08. The molecular formula is C12H21NOS. The normalized spacial score (nSPS) is 9.47. The Morgan fingerprint density at radius 2 is 1.67 bits per heavy atom. The molecule has 0 unspecified atom stereocenters.